The summed E-state index contributed by atoms with van der Waals surface area (Å²) in [5.41, 5.74) is 3.51. The number of amides is 1. The monoisotopic (exact) mass is 300 g/mol. The third-order valence-corrected chi connectivity index (χ3v) is 2.94. The number of phenolic OH excluding ortho intramolecular Hbond substituents is 1. The Morgan fingerprint density at radius 3 is 2.50 bits per heavy atom. The van der Waals surface area contributed by atoms with Gasteiger partial charge >= 0.3 is 0 Å². The van der Waals surface area contributed by atoms with E-state index in [0.29, 0.717) is 22.6 Å². The predicted octanol–water partition coefficient (Wildman–Crippen LogP) is 2.17. The molecule has 2 N–H and O–H groups in total. The molecule has 1 amide bonds. The number of methoxy groups -OCH3 is 2. The Morgan fingerprint density at radius 2 is 1.86 bits per heavy atom. The molecule has 22 heavy (non-hydrogen) atoms. The molecule has 2 aromatic carbocycles. The zero-order valence-electron chi connectivity index (χ0n) is 12.2. The van der Waals surface area contributed by atoms with Gasteiger partial charge in [0.25, 0.3) is 5.91 Å². The van der Waals surface area contributed by atoms with Crippen LogP contribution in [0.4, 0.5) is 0 Å². The smallest absolute Gasteiger partial charge is 0.271 e. The Morgan fingerprint density at radius 1 is 1.14 bits per heavy atom. The highest BCUT2D eigenvalue weighted by Gasteiger charge is 2.05. The average molecular weight is 300 g/mol. The Balaban J connectivity index is 2.06. The van der Waals surface area contributed by atoms with E-state index in [-0.39, 0.29) is 11.7 Å². The van der Waals surface area contributed by atoms with Crippen LogP contribution in [0.3, 0.4) is 0 Å². The van der Waals surface area contributed by atoms with Gasteiger partial charge in [-0.3, -0.25) is 4.79 Å². The summed E-state index contributed by atoms with van der Waals surface area (Å²) in [6, 6.07) is 11.2. The molecule has 0 aliphatic heterocycles. The number of rotatable bonds is 5. The van der Waals surface area contributed by atoms with E-state index in [0.717, 1.165) is 0 Å². The highest BCUT2D eigenvalue weighted by molar-refractivity contribution is 5.95. The van der Waals surface area contributed by atoms with Gasteiger partial charge < -0.3 is 14.6 Å². The number of carbonyl (C=O) groups excluding carboxylic acids is 1. The van der Waals surface area contributed by atoms with Crippen molar-refractivity contribution in [3.63, 3.8) is 0 Å². The minimum atomic E-state index is -0.372. The maximum atomic E-state index is 11.8. The Hall–Kier alpha value is -3.02. The first kappa shape index (κ1) is 15.4. The number of benzene rings is 2. The highest BCUT2D eigenvalue weighted by atomic mass is 16.5. The van der Waals surface area contributed by atoms with Crippen molar-refractivity contribution in [2.75, 3.05) is 14.2 Å². The van der Waals surface area contributed by atoms with Gasteiger partial charge in [-0.25, -0.2) is 5.43 Å². The normalized spacial score (nSPS) is 10.5. The fourth-order valence-corrected chi connectivity index (χ4v) is 1.76. The van der Waals surface area contributed by atoms with Gasteiger partial charge in [0.15, 0.2) is 0 Å². The molecule has 0 atom stereocenters. The van der Waals surface area contributed by atoms with Crippen LogP contribution in [0.15, 0.2) is 47.6 Å². The number of hydrogen-bond acceptors (Lipinski definition) is 5. The van der Waals surface area contributed by atoms with Gasteiger partial charge in [-0.1, -0.05) is 0 Å². The SMILES string of the molecule is COc1ccc(C=NNC(=O)c2ccc(O)cc2)c(OC)c1. The lowest BCUT2D eigenvalue weighted by Crippen LogP contribution is -2.17. The molecular formula is C16H16N2O4. The lowest BCUT2D eigenvalue weighted by molar-refractivity contribution is 0.0955. The van der Waals surface area contributed by atoms with Crippen LogP contribution < -0.4 is 14.9 Å². The molecule has 0 fully saturated rings. The Kier molecular flexibility index (Phi) is 4.98. The number of phenols is 1. The summed E-state index contributed by atoms with van der Waals surface area (Å²) in [5.74, 6) is 0.982. The van der Waals surface area contributed by atoms with E-state index in [1.54, 1.807) is 32.4 Å². The molecule has 0 bridgehead atoms. The van der Waals surface area contributed by atoms with Gasteiger partial charge in [-0.2, -0.15) is 5.10 Å². The van der Waals surface area contributed by atoms with Crippen molar-refractivity contribution in [3.8, 4) is 17.2 Å². The molecule has 2 rings (SSSR count). The molecule has 0 radical (unpaired) electrons. The summed E-state index contributed by atoms with van der Waals surface area (Å²) in [4.78, 5) is 11.8. The minimum absolute atomic E-state index is 0.100. The van der Waals surface area contributed by atoms with Crippen molar-refractivity contribution in [2.45, 2.75) is 0 Å². The second-order valence-corrected chi connectivity index (χ2v) is 4.35. The van der Waals surface area contributed by atoms with Crippen LogP contribution in [0.5, 0.6) is 17.2 Å². The lowest BCUT2D eigenvalue weighted by Gasteiger charge is -2.07. The van der Waals surface area contributed by atoms with E-state index in [1.807, 2.05) is 0 Å². The third kappa shape index (κ3) is 3.76. The first-order valence-corrected chi connectivity index (χ1v) is 6.48. The van der Waals surface area contributed by atoms with E-state index >= 15 is 0 Å². The summed E-state index contributed by atoms with van der Waals surface area (Å²) < 4.78 is 10.3. The van der Waals surface area contributed by atoms with Crippen molar-refractivity contribution in [2.24, 2.45) is 5.10 Å². The Bertz CT molecular complexity index is 681. The van der Waals surface area contributed by atoms with Crippen LogP contribution in [0.25, 0.3) is 0 Å². The number of nitrogens with one attached hydrogen (secondary N) is 1. The fourth-order valence-electron chi connectivity index (χ4n) is 1.76. The zero-order valence-corrected chi connectivity index (χ0v) is 12.2. The van der Waals surface area contributed by atoms with Crippen LogP contribution in [0.1, 0.15) is 15.9 Å². The van der Waals surface area contributed by atoms with Crippen LogP contribution in [-0.4, -0.2) is 31.4 Å². The average Bonchev–Trinajstić information content (AvgIpc) is 2.55. The van der Waals surface area contributed by atoms with Crippen LogP contribution in [-0.2, 0) is 0 Å². The second kappa shape index (κ2) is 7.12. The topological polar surface area (TPSA) is 80.2 Å². The van der Waals surface area contributed by atoms with E-state index in [9.17, 15) is 9.90 Å². The van der Waals surface area contributed by atoms with Crippen molar-refractivity contribution in [3.05, 3.63) is 53.6 Å². The zero-order chi connectivity index (χ0) is 15.9. The fraction of sp³-hybridized carbons (Fsp3) is 0.125. The molecule has 0 heterocycles. The molecule has 0 saturated heterocycles. The van der Waals surface area contributed by atoms with Gasteiger partial charge in [0.05, 0.1) is 20.4 Å². The summed E-state index contributed by atoms with van der Waals surface area (Å²) in [7, 11) is 3.11. The molecule has 0 unspecified atom stereocenters. The van der Waals surface area contributed by atoms with E-state index in [4.69, 9.17) is 9.47 Å². The second-order valence-electron chi connectivity index (χ2n) is 4.35. The first-order valence-electron chi connectivity index (χ1n) is 6.48. The molecule has 0 saturated carbocycles. The van der Waals surface area contributed by atoms with E-state index < -0.39 is 0 Å². The van der Waals surface area contributed by atoms with Gasteiger partial charge in [-0.15, -0.1) is 0 Å². The molecule has 0 aliphatic carbocycles. The first-order chi connectivity index (χ1) is 10.6. The summed E-state index contributed by atoms with van der Waals surface area (Å²) in [5, 5.41) is 13.1. The molecule has 0 aromatic heterocycles. The molecule has 2 aromatic rings. The standard InChI is InChI=1S/C16H16N2O4/c1-21-14-8-5-12(15(9-14)22-2)10-17-18-16(20)11-3-6-13(19)7-4-11/h3-10,19H,1-2H3,(H,18,20). The molecule has 0 aliphatic rings. The highest BCUT2D eigenvalue weighted by Crippen LogP contribution is 2.23. The molecule has 6 heteroatoms. The summed E-state index contributed by atoms with van der Waals surface area (Å²) in [6.07, 6.45) is 1.48. The summed E-state index contributed by atoms with van der Waals surface area (Å²) in [6.45, 7) is 0. The quantitative estimate of drug-likeness (QED) is 0.655. The van der Waals surface area contributed by atoms with Crippen molar-refractivity contribution >= 4 is 12.1 Å². The molecular weight excluding hydrogens is 284 g/mol. The number of hydrogen-bond donors (Lipinski definition) is 2. The largest absolute Gasteiger partial charge is 0.508 e. The Labute approximate surface area is 128 Å². The number of hydrazone groups is 1. The van der Waals surface area contributed by atoms with Crippen molar-refractivity contribution in [1.29, 1.82) is 0 Å². The third-order valence-electron chi connectivity index (χ3n) is 2.94. The van der Waals surface area contributed by atoms with Crippen molar-refractivity contribution < 1.29 is 19.4 Å². The number of carbonyl (C=O) groups is 1. The minimum Gasteiger partial charge on any atom is -0.508 e. The van der Waals surface area contributed by atoms with Gasteiger partial charge in [0.1, 0.15) is 17.2 Å². The number of ether oxygens (including phenoxy) is 2. The van der Waals surface area contributed by atoms with Crippen LogP contribution in [0, 0.1) is 0 Å². The molecule has 0 spiro atoms. The van der Waals surface area contributed by atoms with E-state index in [2.05, 4.69) is 10.5 Å². The van der Waals surface area contributed by atoms with E-state index in [1.165, 1.54) is 30.5 Å². The van der Waals surface area contributed by atoms with Gasteiger partial charge in [0, 0.05) is 17.2 Å². The summed E-state index contributed by atoms with van der Waals surface area (Å²) >= 11 is 0. The molecule has 6 nitrogen and oxygen atoms in total. The van der Waals surface area contributed by atoms with Crippen LogP contribution in [0.2, 0.25) is 0 Å². The van der Waals surface area contributed by atoms with Gasteiger partial charge in [0.2, 0.25) is 0 Å². The predicted molar refractivity (Wildman–Crippen MR) is 82.7 cm³/mol. The van der Waals surface area contributed by atoms with Gasteiger partial charge in [-0.05, 0) is 36.4 Å². The lowest BCUT2D eigenvalue weighted by atomic mass is 10.2. The molecule has 114 valence electrons. The number of aromatic hydroxyl groups is 1. The maximum absolute atomic E-state index is 11.8. The number of nitrogens with zero attached hydrogens (tertiary/aromatic N) is 1. The van der Waals surface area contributed by atoms with Crippen LogP contribution >= 0.6 is 0 Å². The maximum Gasteiger partial charge on any atom is 0.271 e. The van der Waals surface area contributed by atoms with Crippen molar-refractivity contribution in [1.82, 2.24) is 5.43 Å².